The zero-order chi connectivity index (χ0) is 18.7. The van der Waals surface area contributed by atoms with Gasteiger partial charge in [0.1, 0.15) is 16.8 Å². The quantitative estimate of drug-likeness (QED) is 0.797. The molecule has 8 heteroatoms. The number of likely N-dealkylation sites (N-methyl/N-ethyl adjacent to an activating group) is 1. The van der Waals surface area contributed by atoms with Crippen LogP contribution >= 0.6 is 34.5 Å². The Morgan fingerprint density at radius 1 is 1.46 bits per heavy atom. The predicted molar refractivity (Wildman–Crippen MR) is 104 cm³/mol. The van der Waals surface area contributed by atoms with Crippen LogP contribution < -0.4 is 10.1 Å². The highest BCUT2D eigenvalue weighted by atomic mass is 35.5. The van der Waals surface area contributed by atoms with E-state index in [1.165, 1.54) is 11.3 Å². The number of benzene rings is 1. The molecule has 3 rings (SSSR count). The molecule has 0 saturated heterocycles. The smallest absolute Gasteiger partial charge is 0.262 e. The maximum absolute atomic E-state index is 12.2. The largest absolute Gasteiger partial charge is 0.482 e. The van der Waals surface area contributed by atoms with E-state index in [2.05, 4.69) is 23.2 Å². The van der Waals surface area contributed by atoms with Crippen molar-refractivity contribution in [2.45, 2.75) is 19.9 Å². The molecule has 1 aliphatic heterocycles. The first-order valence-electron chi connectivity index (χ1n) is 8.16. The van der Waals surface area contributed by atoms with Crippen molar-refractivity contribution < 1.29 is 9.53 Å². The zero-order valence-electron chi connectivity index (χ0n) is 14.1. The standard InChI is InChI=1S/C18H17Cl2N3O2S/c1-2-23-6-5-12-13(8-21)18(26-16(12)9-23)22-17(24)10-25-15-4-3-11(19)7-14(15)20/h3-4,7H,2,5-6,9-10H2,1H3,(H,22,24). The number of hydrogen-bond acceptors (Lipinski definition) is 5. The molecule has 5 nitrogen and oxygen atoms in total. The van der Waals surface area contributed by atoms with Crippen molar-refractivity contribution in [1.29, 1.82) is 5.26 Å². The Kier molecular flexibility index (Phi) is 6.05. The average Bonchev–Trinajstić information content (AvgIpc) is 2.96. The summed E-state index contributed by atoms with van der Waals surface area (Å²) in [7, 11) is 0. The molecule has 0 unspecified atom stereocenters. The van der Waals surface area contributed by atoms with Gasteiger partial charge in [-0.3, -0.25) is 9.69 Å². The Balaban J connectivity index is 1.68. The lowest BCUT2D eigenvalue weighted by Crippen LogP contribution is -2.29. The third kappa shape index (κ3) is 4.13. The number of carbonyl (C=O) groups excluding carboxylic acids is 1. The fraction of sp³-hybridized carbons (Fsp3) is 0.333. The number of anilines is 1. The van der Waals surface area contributed by atoms with Crippen molar-refractivity contribution in [2.24, 2.45) is 0 Å². The van der Waals surface area contributed by atoms with Crippen LogP contribution in [0.5, 0.6) is 5.75 Å². The molecule has 0 spiro atoms. The minimum absolute atomic E-state index is 0.199. The Hall–Kier alpha value is -1.78. The normalized spacial score (nSPS) is 13.8. The molecule has 0 radical (unpaired) electrons. The number of nitrogens with one attached hydrogen (secondary N) is 1. The van der Waals surface area contributed by atoms with Crippen molar-refractivity contribution in [3.05, 3.63) is 44.2 Å². The van der Waals surface area contributed by atoms with E-state index >= 15 is 0 Å². The van der Waals surface area contributed by atoms with Crippen molar-refractivity contribution >= 4 is 45.4 Å². The van der Waals surface area contributed by atoms with Crippen molar-refractivity contribution in [1.82, 2.24) is 4.90 Å². The monoisotopic (exact) mass is 409 g/mol. The number of halogens is 2. The van der Waals surface area contributed by atoms with E-state index in [1.807, 2.05) is 0 Å². The predicted octanol–water partition coefficient (Wildman–Crippen LogP) is 4.32. The molecule has 0 fully saturated rings. The molecule has 0 bridgehead atoms. The van der Waals surface area contributed by atoms with Crippen LogP contribution in [0.1, 0.15) is 22.9 Å². The third-order valence-electron chi connectivity index (χ3n) is 4.20. The van der Waals surface area contributed by atoms with Gasteiger partial charge in [0.05, 0.1) is 10.6 Å². The Morgan fingerprint density at radius 3 is 2.96 bits per heavy atom. The summed E-state index contributed by atoms with van der Waals surface area (Å²) in [4.78, 5) is 15.7. The number of fused-ring (bicyclic) bond motifs is 1. The van der Waals surface area contributed by atoms with Crippen LogP contribution in [-0.2, 0) is 17.8 Å². The van der Waals surface area contributed by atoms with E-state index in [1.54, 1.807) is 18.2 Å². The SMILES string of the molecule is CCN1CCc2c(sc(NC(=O)COc3ccc(Cl)cc3Cl)c2C#N)C1. The number of rotatable bonds is 5. The lowest BCUT2D eigenvalue weighted by Gasteiger charge is -2.24. The minimum atomic E-state index is -0.335. The van der Waals surface area contributed by atoms with E-state index in [4.69, 9.17) is 27.9 Å². The van der Waals surface area contributed by atoms with Gasteiger partial charge in [-0.1, -0.05) is 30.1 Å². The van der Waals surface area contributed by atoms with Crippen molar-refractivity contribution in [3.8, 4) is 11.8 Å². The summed E-state index contributed by atoms with van der Waals surface area (Å²) >= 11 is 13.3. The Bertz CT molecular complexity index is 876. The zero-order valence-corrected chi connectivity index (χ0v) is 16.5. The van der Waals surface area contributed by atoms with Gasteiger partial charge in [0, 0.05) is 23.0 Å². The van der Waals surface area contributed by atoms with Gasteiger partial charge in [0.15, 0.2) is 6.61 Å². The molecule has 0 atom stereocenters. The highest BCUT2D eigenvalue weighted by Crippen LogP contribution is 2.36. The summed E-state index contributed by atoms with van der Waals surface area (Å²) < 4.78 is 5.45. The third-order valence-corrected chi connectivity index (χ3v) is 5.86. The van der Waals surface area contributed by atoms with Gasteiger partial charge in [0.25, 0.3) is 5.91 Å². The molecule has 2 heterocycles. The van der Waals surface area contributed by atoms with E-state index in [-0.39, 0.29) is 12.5 Å². The summed E-state index contributed by atoms with van der Waals surface area (Å²) in [5.41, 5.74) is 1.62. The van der Waals surface area contributed by atoms with Gasteiger partial charge < -0.3 is 10.1 Å². The first-order valence-corrected chi connectivity index (χ1v) is 9.73. The molecule has 1 aliphatic rings. The van der Waals surface area contributed by atoms with Gasteiger partial charge in [-0.25, -0.2) is 0 Å². The number of thiophene rings is 1. The molecule has 1 N–H and O–H groups in total. The molecular weight excluding hydrogens is 393 g/mol. The summed E-state index contributed by atoms with van der Waals surface area (Å²) in [6.45, 7) is 4.64. The van der Waals surface area contributed by atoms with Crippen LogP contribution in [0.25, 0.3) is 0 Å². The maximum atomic E-state index is 12.2. The number of amides is 1. The fourth-order valence-electron chi connectivity index (χ4n) is 2.83. The van der Waals surface area contributed by atoms with Crippen molar-refractivity contribution in [3.63, 3.8) is 0 Å². The molecule has 136 valence electrons. The molecule has 0 saturated carbocycles. The molecule has 2 aromatic rings. The molecule has 26 heavy (non-hydrogen) atoms. The van der Waals surface area contributed by atoms with E-state index in [9.17, 15) is 10.1 Å². The highest BCUT2D eigenvalue weighted by Gasteiger charge is 2.24. The average molecular weight is 410 g/mol. The first kappa shape index (κ1) is 19.0. The van der Waals surface area contributed by atoms with Gasteiger partial charge in [-0.2, -0.15) is 5.26 Å². The van der Waals surface area contributed by atoms with Gasteiger partial charge >= 0.3 is 0 Å². The number of hydrogen-bond donors (Lipinski definition) is 1. The van der Waals surface area contributed by atoms with E-state index in [0.717, 1.165) is 36.5 Å². The lowest BCUT2D eigenvalue weighted by molar-refractivity contribution is -0.118. The molecule has 1 aromatic heterocycles. The van der Waals surface area contributed by atoms with Crippen LogP contribution in [0.15, 0.2) is 18.2 Å². The summed E-state index contributed by atoms with van der Waals surface area (Å²) in [5.74, 6) is 0.0502. The number of nitrogens with zero attached hydrogens (tertiary/aromatic N) is 2. The summed E-state index contributed by atoms with van der Waals surface area (Å²) in [6.07, 6.45) is 0.829. The lowest BCUT2D eigenvalue weighted by atomic mass is 10.0. The van der Waals surface area contributed by atoms with Crippen LogP contribution in [0.3, 0.4) is 0 Å². The second-order valence-electron chi connectivity index (χ2n) is 5.85. The van der Waals surface area contributed by atoms with Gasteiger partial charge in [-0.05, 0) is 36.7 Å². The Labute approximate surface area is 166 Å². The molecule has 1 aromatic carbocycles. The van der Waals surface area contributed by atoms with E-state index < -0.39 is 0 Å². The molecule has 0 aliphatic carbocycles. The second kappa shape index (κ2) is 8.28. The number of nitriles is 1. The summed E-state index contributed by atoms with van der Waals surface area (Å²) in [6, 6.07) is 7.04. The topological polar surface area (TPSA) is 65.4 Å². The van der Waals surface area contributed by atoms with Crippen LogP contribution in [0.4, 0.5) is 5.00 Å². The maximum Gasteiger partial charge on any atom is 0.262 e. The Morgan fingerprint density at radius 2 is 2.27 bits per heavy atom. The van der Waals surface area contributed by atoms with E-state index in [0.29, 0.717) is 26.4 Å². The minimum Gasteiger partial charge on any atom is -0.482 e. The molecule has 1 amide bonds. The molecular formula is C18H17Cl2N3O2S. The van der Waals surface area contributed by atoms with Crippen LogP contribution in [-0.4, -0.2) is 30.5 Å². The van der Waals surface area contributed by atoms with Crippen molar-refractivity contribution in [2.75, 3.05) is 25.0 Å². The highest BCUT2D eigenvalue weighted by molar-refractivity contribution is 7.16. The second-order valence-corrected chi connectivity index (χ2v) is 7.80. The number of carbonyl (C=O) groups is 1. The van der Waals surface area contributed by atoms with Gasteiger partial charge in [0.2, 0.25) is 0 Å². The first-order chi connectivity index (χ1) is 12.5. The van der Waals surface area contributed by atoms with Crippen LogP contribution in [0.2, 0.25) is 10.0 Å². The van der Waals surface area contributed by atoms with Crippen LogP contribution in [0, 0.1) is 11.3 Å². The number of ether oxygens (including phenoxy) is 1. The van der Waals surface area contributed by atoms with Gasteiger partial charge in [-0.15, -0.1) is 11.3 Å². The summed E-state index contributed by atoms with van der Waals surface area (Å²) in [5, 5.41) is 13.7. The fourth-order valence-corrected chi connectivity index (χ4v) is 4.55.